The molecule has 2 aromatic rings. The number of hydrogen-bond acceptors (Lipinski definition) is 5. The second-order valence-corrected chi connectivity index (χ2v) is 6.44. The van der Waals surface area contributed by atoms with Gasteiger partial charge in [0.25, 0.3) is 11.8 Å². The minimum Gasteiger partial charge on any atom is -0.545 e. The summed E-state index contributed by atoms with van der Waals surface area (Å²) in [5.41, 5.74) is 0.283. The number of carbonyl (C=O) groups is 3. The van der Waals surface area contributed by atoms with E-state index in [1.165, 1.54) is 42.5 Å². The van der Waals surface area contributed by atoms with E-state index in [1.807, 2.05) is 0 Å². The van der Waals surface area contributed by atoms with Crippen LogP contribution in [0.5, 0.6) is 0 Å². The van der Waals surface area contributed by atoms with Gasteiger partial charge in [0.2, 0.25) is 0 Å². The summed E-state index contributed by atoms with van der Waals surface area (Å²) in [5, 5.41) is 13.6. The van der Waals surface area contributed by atoms with Crippen molar-refractivity contribution in [3.8, 4) is 0 Å². The fourth-order valence-electron chi connectivity index (χ4n) is 2.32. The van der Waals surface area contributed by atoms with Gasteiger partial charge in [0.15, 0.2) is 0 Å². The van der Waals surface area contributed by atoms with Crippen LogP contribution >= 0.6 is 34.8 Å². The third kappa shape index (κ3) is 3.26. The monoisotopic (exact) mass is 409 g/mol. The minimum absolute atomic E-state index is 0.0308. The molecule has 3 rings (SSSR count). The lowest BCUT2D eigenvalue weighted by Gasteiger charge is -2.17. The van der Waals surface area contributed by atoms with Crippen LogP contribution in [0.1, 0.15) is 10.4 Å². The average molecular weight is 411 g/mol. The number of hydrogen-bond donors (Lipinski definition) is 1. The van der Waals surface area contributed by atoms with Gasteiger partial charge in [0, 0.05) is 10.7 Å². The summed E-state index contributed by atoms with van der Waals surface area (Å²) < 4.78 is 0. The minimum atomic E-state index is -1.33. The molecule has 0 atom stereocenters. The molecule has 1 aliphatic rings. The molecule has 1 N–H and O–H groups in total. The molecule has 0 aliphatic carbocycles. The molecule has 0 spiro atoms. The van der Waals surface area contributed by atoms with Gasteiger partial charge in [-0.1, -0.05) is 46.9 Å². The van der Waals surface area contributed by atoms with Crippen molar-refractivity contribution in [2.24, 2.45) is 0 Å². The zero-order valence-electron chi connectivity index (χ0n) is 12.8. The standard InChI is InChI=1S/C17H9Cl3N2O4/c18-9-3-6-11(19)12(7-9)22-15(23)13(20)14(16(22)24)21-10-4-1-8(2-5-10)17(25)26/h1-7,21H,(H,25,26)/p-1. The second-order valence-electron chi connectivity index (χ2n) is 5.22. The van der Waals surface area contributed by atoms with Crippen molar-refractivity contribution in [2.75, 3.05) is 10.2 Å². The molecule has 1 heterocycles. The van der Waals surface area contributed by atoms with E-state index in [9.17, 15) is 19.5 Å². The number of aromatic carboxylic acids is 1. The van der Waals surface area contributed by atoms with Crippen LogP contribution in [-0.2, 0) is 9.59 Å². The lowest BCUT2D eigenvalue weighted by atomic mass is 10.2. The van der Waals surface area contributed by atoms with Crippen molar-refractivity contribution in [1.29, 1.82) is 0 Å². The van der Waals surface area contributed by atoms with Crippen LogP contribution in [0.3, 0.4) is 0 Å². The molecule has 2 aromatic carbocycles. The Morgan fingerprint density at radius 1 is 0.962 bits per heavy atom. The molecule has 0 radical (unpaired) electrons. The van der Waals surface area contributed by atoms with Gasteiger partial charge in [-0.05, 0) is 35.9 Å². The zero-order valence-corrected chi connectivity index (χ0v) is 15.0. The molecule has 0 aromatic heterocycles. The summed E-state index contributed by atoms with van der Waals surface area (Å²) in [4.78, 5) is 36.7. The van der Waals surface area contributed by atoms with E-state index in [4.69, 9.17) is 34.8 Å². The number of rotatable bonds is 4. The van der Waals surface area contributed by atoms with E-state index in [0.717, 1.165) is 4.90 Å². The van der Waals surface area contributed by atoms with Crippen LogP contribution in [0.15, 0.2) is 53.2 Å². The molecule has 0 unspecified atom stereocenters. The van der Waals surface area contributed by atoms with Gasteiger partial charge in [-0.3, -0.25) is 9.59 Å². The number of imide groups is 1. The number of halogens is 3. The van der Waals surface area contributed by atoms with E-state index in [-0.39, 0.29) is 27.0 Å². The van der Waals surface area contributed by atoms with Crippen molar-refractivity contribution in [1.82, 2.24) is 0 Å². The van der Waals surface area contributed by atoms with Crippen molar-refractivity contribution in [3.05, 3.63) is 68.8 Å². The number of nitrogens with one attached hydrogen (secondary N) is 1. The van der Waals surface area contributed by atoms with Gasteiger partial charge in [-0.25, -0.2) is 4.90 Å². The number of carboxylic acids is 1. The van der Waals surface area contributed by atoms with Crippen molar-refractivity contribution < 1.29 is 19.5 Å². The number of anilines is 2. The number of carboxylic acid groups (broad SMARTS) is 1. The maximum absolute atomic E-state index is 12.7. The fraction of sp³-hybridized carbons (Fsp3) is 0. The number of nitrogens with zero attached hydrogens (tertiary/aromatic N) is 1. The third-order valence-electron chi connectivity index (χ3n) is 3.57. The smallest absolute Gasteiger partial charge is 0.283 e. The van der Waals surface area contributed by atoms with Gasteiger partial charge in [0.1, 0.15) is 10.7 Å². The Kier molecular flexibility index (Phi) is 4.91. The number of amides is 2. The van der Waals surface area contributed by atoms with Gasteiger partial charge < -0.3 is 15.2 Å². The van der Waals surface area contributed by atoms with E-state index in [1.54, 1.807) is 0 Å². The van der Waals surface area contributed by atoms with Gasteiger partial charge >= 0.3 is 0 Å². The number of carbonyl (C=O) groups excluding carboxylic acids is 3. The SMILES string of the molecule is O=C([O-])c1ccc(NC2=C(Cl)C(=O)N(c3cc(Cl)ccc3Cl)C2=O)cc1. The van der Waals surface area contributed by atoms with Gasteiger partial charge in [0.05, 0.1) is 16.7 Å². The van der Waals surface area contributed by atoms with E-state index >= 15 is 0 Å². The molecular formula is C17H8Cl3N2O4-. The molecular weight excluding hydrogens is 403 g/mol. The Morgan fingerprint density at radius 2 is 1.62 bits per heavy atom. The van der Waals surface area contributed by atoms with Crippen LogP contribution < -0.4 is 15.3 Å². The highest BCUT2D eigenvalue weighted by molar-refractivity contribution is 6.54. The van der Waals surface area contributed by atoms with Crippen molar-refractivity contribution in [2.45, 2.75) is 0 Å². The third-order valence-corrected chi connectivity index (χ3v) is 4.47. The Morgan fingerprint density at radius 3 is 2.23 bits per heavy atom. The first-order chi connectivity index (χ1) is 12.3. The molecule has 2 amide bonds. The van der Waals surface area contributed by atoms with Crippen LogP contribution in [0.25, 0.3) is 0 Å². The maximum Gasteiger partial charge on any atom is 0.283 e. The summed E-state index contributed by atoms with van der Waals surface area (Å²) >= 11 is 18.0. The Hall–Kier alpha value is -2.54. The summed E-state index contributed by atoms with van der Waals surface area (Å²) in [6, 6.07) is 9.76. The highest BCUT2D eigenvalue weighted by Gasteiger charge is 2.39. The predicted octanol–water partition coefficient (Wildman–Crippen LogP) is 2.79. The average Bonchev–Trinajstić information content (AvgIpc) is 2.81. The quantitative estimate of drug-likeness (QED) is 0.783. The van der Waals surface area contributed by atoms with Gasteiger partial charge in [-0.2, -0.15) is 0 Å². The first kappa shape index (κ1) is 18.3. The summed E-state index contributed by atoms with van der Waals surface area (Å²) in [6.07, 6.45) is 0. The highest BCUT2D eigenvalue weighted by atomic mass is 35.5. The van der Waals surface area contributed by atoms with Crippen molar-refractivity contribution in [3.63, 3.8) is 0 Å². The largest absolute Gasteiger partial charge is 0.545 e. The van der Waals surface area contributed by atoms with Crippen molar-refractivity contribution >= 4 is 64.0 Å². The second kappa shape index (κ2) is 6.99. The predicted molar refractivity (Wildman–Crippen MR) is 96.2 cm³/mol. The topological polar surface area (TPSA) is 89.5 Å². The zero-order chi connectivity index (χ0) is 19.0. The molecule has 6 nitrogen and oxygen atoms in total. The normalized spacial score (nSPS) is 14.2. The van der Waals surface area contributed by atoms with Gasteiger partial charge in [-0.15, -0.1) is 0 Å². The van der Waals surface area contributed by atoms with E-state index in [0.29, 0.717) is 10.7 Å². The van der Waals surface area contributed by atoms with Crippen LogP contribution in [-0.4, -0.2) is 17.8 Å². The molecule has 0 saturated heterocycles. The molecule has 0 saturated carbocycles. The van der Waals surface area contributed by atoms with Crippen LogP contribution in [0.4, 0.5) is 11.4 Å². The van der Waals surface area contributed by atoms with E-state index in [2.05, 4.69) is 5.32 Å². The molecule has 9 heteroatoms. The maximum atomic E-state index is 12.7. The number of benzene rings is 2. The molecule has 132 valence electrons. The first-order valence-corrected chi connectivity index (χ1v) is 8.25. The Labute approximate surface area is 162 Å². The molecule has 0 fully saturated rings. The molecule has 1 aliphatic heterocycles. The highest BCUT2D eigenvalue weighted by Crippen LogP contribution is 2.35. The lowest BCUT2D eigenvalue weighted by Crippen LogP contribution is -2.32. The lowest BCUT2D eigenvalue weighted by molar-refractivity contribution is -0.255. The Balaban J connectivity index is 1.91. The molecule has 0 bridgehead atoms. The van der Waals surface area contributed by atoms with E-state index < -0.39 is 17.8 Å². The summed E-state index contributed by atoms with van der Waals surface area (Å²) in [7, 11) is 0. The molecule has 26 heavy (non-hydrogen) atoms. The summed E-state index contributed by atoms with van der Waals surface area (Å²) in [6.45, 7) is 0. The summed E-state index contributed by atoms with van der Waals surface area (Å²) in [5.74, 6) is -2.80. The van der Waals surface area contributed by atoms with Crippen LogP contribution in [0.2, 0.25) is 10.0 Å². The fourth-order valence-corrected chi connectivity index (χ4v) is 2.90. The first-order valence-electron chi connectivity index (χ1n) is 7.11. The Bertz CT molecular complexity index is 970. The van der Waals surface area contributed by atoms with Crippen LogP contribution in [0, 0.1) is 0 Å².